The van der Waals surface area contributed by atoms with Crippen molar-refractivity contribution in [1.82, 2.24) is 0 Å². The van der Waals surface area contributed by atoms with Crippen LogP contribution in [0.15, 0.2) is 0 Å². The zero-order chi connectivity index (χ0) is 26.1. The predicted molar refractivity (Wildman–Crippen MR) is 161 cm³/mol. The molecule has 0 aromatic rings. The van der Waals surface area contributed by atoms with Crippen molar-refractivity contribution in [2.24, 2.45) is 0 Å². The van der Waals surface area contributed by atoms with Gasteiger partial charge in [-0.2, -0.15) is 0 Å². The van der Waals surface area contributed by atoms with Crippen LogP contribution in [0.4, 0.5) is 0 Å². The van der Waals surface area contributed by atoms with Crippen LogP contribution in [0.3, 0.4) is 0 Å². The van der Waals surface area contributed by atoms with E-state index in [1.165, 1.54) is 124 Å². The summed E-state index contributed by atoms with van der Waals surface area (Å²) in [6.07, 6.45) is 23.8. The third kappa shape index (κ3) is 19.2. The van der Waals surface area contributed by atoms with Gasteiger partial charge in [-0.25, -0.2) is 0 Å². The molecule has 3 nitrogen and oxygen atoms in total. The van der Waals surface area contributed by atoms with Crippen LogP contribution in [0.1, 0.15) is 157 Å². The van der Waals surface area contributed by atoms with Crippen LogP contribution in [0.5, 0.6) is 0 Å². The summed E-state index contributed by atoms with van der Waals surface area (Å²) in [5, 5.41) is 0. The van der Waals surface area contributed by atoms with Crippen molar-refractivity contribution in [3.8, 4) is 0 Å². The molecule has 0 saturated carbocycles. The first-order chi connectivity index (χ1) is 17.1. The van der Waals surface area contributed by atoms with Gasteiger partial charge in [-0.05, 0) is 0 Å². The summed E-state index contributed by atoms with van der Waals surface area (Å²) in [6, 6.07) is 0. The monoisotopic (exact) mass is 714 g/mol. The van der Waals surface area contributed by atoms with Gasteiger partial charge >= 0.3 is 234 Å². The molecule has 0 aromatic carbocycles. The topological polar surface area (TPSA) is 27.7 Å². The van der Waals surface area contributed by atoms with E-state index in [9.17, 15) is 0 Å². The van der Waals surface area contributed by atoms with Gasteiger partial charge in [0, 0.05) is 0 Å². The van der Waals surface area contributed by atoms with E-state index in [2.05, 4.69) is 41.5 Å². The zero-order valence-electron chi connectivity index (χ0n) is 25.2. The third-order valence-electron chi connectivity index (χ3n) is 7.50. The Morgan fingerprint density at radius 2 is 0.686 bits per heavy atom. The van der Waals surface area contributed by atoms with E-state index in [-0.39, 0.29) is 0 Å². The average molecular weight is 712 g/mol. The number of rotatable bonds is 28. The van der Waals surface area contributed by atoms with Crippen LogP contribution in [-0.4, -0.2) is 51.6 Å². The molecule has 0 amide bonds. The standard InChI is InChI=1S/2C9H19O.2C4H9.2C2H5.O.2Sn/c2*1-2-3-4-5-6-7-8-9-10;2*1-3-4-2;2*1-2;;;/h2*2-9H2,1H3;2*1,3-4H2,2H3;2*1H2,2H3;;;/q2*-1;;;;;;2*+1. The van der Waals surface area contributed by atoms with Crippen LogP contribution >= 0.6 is 0 Å². The summed E-state index contributed by atoms with van der Waals surface area (Å²) in [4.78, 5) is 0. The summed E-state index contributed by atoms with van der Waals surface area (Å²) < 4.78 is 26.0. The minimum absolute atomic E-state index is 0.929. The second kappa shape index (κ2) is 25.7. The molecule has 0 aromatic heterocycles. The average Bonchev–Trinajstić information content (AvgIpc) is 2.88. The molecular weight excluding hydrogens is 646 g/mol. The number of unbranched alkanes of at least 4 members (excludes halogenated alkanes) is 14. The van der Waals surface area contributed by atoms with Crippen molar-refractivity contribution < 1.29 is 7.56 Å². The Morgan fingerprint density at radius 1 is 0.371 bits per heavy atom. The molecule has 0 radical (unpaired) electrons. The zero-order valence-corrected chi connectivity index (χ0v) is 30.9. The van der Waals surface area contributed by atoms with Gasteiger partial charge in [0.25, 0.3) is 0 Å². The minimum atomic E-state index is -3.11. The Kier molecular flexibility index (Phi) is 26.8. The fraction of sp³-hybridized carbons (Fsp3) is 1.00. The number of hydrogen-bond donors (Lipinski definition) is 0. The van der Waals surface area contributed by atoms with Crippen LogP contribution < -0.4 is 0 Å². The third-order valence-corrected chi connectivity index (χ3v) is 40.6. The van der Waals surface area contributed by atoms with Gasteiger partial charge < -0.3 is 0 Å². The fourth-order valence-electron chi connectivity index (χ4n) is 4.87. The van der Waals surface area contributed by atoms with E-state index in [0.717, 1.165) is 22.1 Å². The first-order valence-corrected chi connectivity index (χ1v) is 28.8. The van der Waals surface area contributed by atoms with Crippen molar-refractivity contribution in [3.63, 3.8) is 0 Å². The van der Waals surface area contributed by atoms with Gasteiger partial charge in [0.1, 0.15) is 0 Å². The first-order valence-electron chi connectivity index (χ1n) is 16.1. The van der Waals surface area contributed by atoms with Gasteiger partial charge in [0.05, 0.1) is 0 Å². The quantitative estimate of drug-likeness (QED) is 0.0597. The SMILES string of the molecule is CCCCCCCCC[O][Sn]([CH2]C)([CH2]CCC)[O][Sn]([CH2]C)([CH2]CCC)[O]CCCCCCCCC. The van der Waals surface area contributed by atoms with E-state index >= 15 is 0 Å². The van der Waals surface area contributed by atoms with Crippen LogP contribution in [0.2, 0.25) is 17.7 Å². The molecule has 0 rings (SSSR count). The summed E-state index contributed by atoms with van der Waals surface area (Å²) in [7, 11) is 0. The molecule has 0 spiro atoms. The molecule has 0 N–H and O–H groups in total. The first kappa shape index (κ1) is 36.5. The Bertz CT molecular complexity index is 400. The van der Waals surface area contributed by atoms with E-state index < -0.39 is 38.4 Å². The van der Waals surface area contributed by atoms with Gasteiger partial charge in [-0.1, -0.05) is 0 Å². The van der Waals surface area contributed by atoms with Crippen LogP contribution in [-0.2, 0) is 7.56 Å². The predicted octanol–water partition coefficient (Wildman–Crippen LogP) is 11.1. The molecule has 0 aliphatic rings. The maximum absolute atomic E-state index is 7.42. The molecule has 0 aliphatic heterocycles. The Morgan fingerprint density at radius 3 is 1.00 bits per heavy atom. The van der Waals surface area contributed by atoms with Crippen molar-refractivity contribution in [2.75, 3.05) is 13.2 Å². The second-order valence-corrected chi connectivity index (χ2v) is 34.2. The Labute approximate surface area is 232 Å². The summed E-state index contributed by atoms with van der Waals surface area (Å²) in [5.41, 5.74) is 0. The van der Waals surface area contributed by atoms with Gasteiger partial charge in [0.2, 0.25) is 0 Å². The van der Waals surface area contributed by atoms with Gasteiger partial charge in [0.15, 0.2) is 0 Å². The molecular formula is C30H66O3Sn2. The Balaban J connectivity index is 4.94. The van der Waals surface area contributed by atoms with Crippen LogP contribution in [0, 0.1) is 0 Å². The molecule has 212 valence electrons. The van der Waals surface area contributed by atoms with E-state index in [1.54, 1.807) is 0 Å². The van der Waals surface area contributed by atoms with Crippen molar-refractivity contribution in [3.05, 3.63) is 0 Å². The molecule has 2 unspecified atom stereocenters. The van der Waals surface area contributed by atoms with Crippen molar-refractivity contribution >= 4 is 38.4 Å². The summed E-state index contributed by atoms with van der Waals surface area (Å²) in [5.74, 6) is 0. The molecule has 0 saturated heterocycles. The molecule has 5 heteroatoms. The summed E-state index contributed by atoms with van der Waals surface area (Å²) in [6.45, 7) is 15.8. The Hall–Kier alpha value is 1.48. The van der Waals surface area contributed by atoms with E-state index in [0.29, 0.717) is 0 Å². The number of hydrogen-bond acceptors (Lipinski definition) is 3. The summed E-state index contributed by atoms with van der Waals surface area (Å²) >= 11 is -6.22. The maximum atomic E-state index is 7.42. The van der Waals surface area contributed by atoms with E-state index in [1.807, 2.05) is 0 Å². The molecule has 0 bridgehead atoms. The molecule has 0 fully saturated rings. The van der Waals surface area contributed by atoms with Crippen molar-refractivity contribution in [1.29, 1.82) is 0 Å². The molecule has 2 atom stereocenters. The van der Waals surface area contributed by atoms with Crippen molar-refractivity contribution in [2.45, 2.75) is 175 Å². The van der Waals surface area contributed by atoms with Crippen LogP contribution in [0.25, 0.3) is 0 Å². The van der Waals surface area contributed by atoms with Gasteiger partial charge in [-0.15, -0.1) is 0 Å². The molecule has 35 heavy (non-hydrogen) atoms. The van der Waals surface area contributed by atoms with E-state index in [4.69, 9.17) is 7.56 Å². The normalized spacial score (nSPS) is 15.3. The molecule has 0 heterocycles. The fourth-order valence-corrected chi connectivity index (χ4v) is 45.3. The van der Waals surface area contributed by atoms with Gasteiger partial charge in [-0.3, -0.25) is 0 Å². The second-order valence-electron chi connectivity index (χ2n) is 10.8. The molecule has 0 aliphatic carbocycles.